The molecule has 0 aliphatic heterocycles. The Morgan fingerprint density at radius 2 is 2.20 bits per heavy atom. The highest BCUT2D eigenvalue weighted by molar-refractivity contribution is 7.98. The molecule has 15 heavy (non-hydrogen) atoms. The summed E-state index contributed by atoms with van der Waals surface area (Å²) in [7, 11) is 0. The Labute approximate surface area is 92.3 Å². The van der Waals surface area contributed by atoms with Crippen LogP contribution in [0, 0.1) is 0 Å². The van der Waals surface area contributed by atoms with Gasteiger partial charge in [-0.15, -0.1) is 0 Å². The predicted octanol–water partition coefficient (Wildman–Crippen LogP) is 1.19. The first-order chi connectivity index (χ1) is 7.15. The SMILES string of the molecule is CSCCNC(=O)c1cc(O)ccc1O. The maximum atomic E-state index is 11.5. The first kappa shape index (κ1) is 11.7. The van der Waals surface area contributed by atoms with Gasteiger partial charge >= 0.3 is 0 Å². The van der Waals surface area contributed by atoms with Gasteiger partial charge in [0.05, 0.1) is 5.56 Å². The maximum Gasteiger partial charge on any atom is 0.255 e. The van der Waals surface area contributed by atoms with E-state index >= 15 is 0 Å². The average Bonchev–Trinajstić information content (AvgIpc) is 2.22. The molecular weight excluding hydrogens is 214 g/mol. The standard InChI is InChI=1S/C10H13NO3S/c1-15-5-4-11-10(14)8-6-7(12)2-3-9(8)13/h2-3,6,12-13H,4-5H2,1H3,(H,11,14). The Bertz CT molecular complexity index is 355. The molecule has 0 unspecified atom stereocenters. The molecule has 3 N–H and O–H groups in total. The number of carbonyl (C=O) groups excluding carboxylic acids is 1. The molecule has 1 aromatic carbocycles. The smallest absolute Gasteiger partial charge is 0.255 e. The Morgan fingerprint density at radius 1 is 1.47 bits per heavy atom. The minimum Gasteiger partial charge on any atom is -0.508 e. The molecule has 5 heteroatoms. The Balaban J connectivity index is 2.68. The van der Waals surface area contributed by atoms with E-state index in [1.165, 1.54) is 18.2 Å². The molecule has 1 rings (SSSR count). The lowest BCUT2D eigenvalue weighted by Crippen LogP contribution is -2.25. The average molecular weight is 227 g/mol. The van der Waals surface area contributed by atoms with Crippen molar-refractivity contribution in [3.8, 4) is 11.5 Å². The lowest BCUT2D eigenvalue weighted by Gasteiger charge is -2.06. The van der Waals surface area contributed by atoms with Crippen LogP contribution < -0.4 is 5.32 Å². The van der Waals surface area contributed by atoms with Gasteiger partial charge in [0.15, 0.2) is 0 Å². The third-order valence-corrected chi connectivity index (χ3v) is 2.43. The van der Waals surface area contributed by atoms with E-state index in [0.717, 1.165) is 5.75 Å². The molecule has 0 saturated carbocycles. The van der Waals surface area contributed by atoms with E-state index < -0.39 is 0 Å². The summed E-state index contributed by atoms with van der Waals surface area (Å²) in [5.41, 5.74) is 0.0936. The van der Waals surface area contributed by atoms with Crippen LogP contribution >= 0.6 is 11.8 Å². The van der Waals surface area contributed by atoms with Crippen LogP contribution in [0.15, 0.2) is 18.2 Å². The van der Waals surface area contributed by atoms with Gasteiger partial charge in [-0.2, -0.15) is 11.8 Å². The molecule has 0 fully saturated rings. The summed E-state index contributed by atoms with van der Waals surface area (Å²) in [6.45, 7) is 0.537. The monoisotopic (exact) mass is 227 g/mol. The van der Waals surface area contributed by atoms with Crippen LogP contribution in [0.1, 0.15) is 10.4 Å². The number of hydrogen-bond donors (Lipinski definition) is 3. The van der Waals surface area contributed by atoms with Crippen molar-refractivity contribution in [2.75, 3.05) is 18.6 Å². The second-order valence-corrected chi connectivity index (χ2v) is 3.94. The molecular formula is C10H13NO3S. The highest BCUT2D eigenvalue weighted by Crippen LogP contribution is 2.21. The Kier molecular flexibility index (Phi) is 4.30. The van der Waals surface area contributed by atoms with E-state index in [2.05, 4.69) is 5.32 Å². The second kappa shape index (κ2) is 5.50. The van der Waals surface area contributed by atoms with E-state index in [-0.39, 0.29) is 23.0 Å². The molecule has 0 aromatic heterocycles. The van der Waals surface area contributed by atoms with Crippen LogP contribution in [0.25, 0.3) is 0 Å². The van der Waals surface area contributed by atoms with E-state index in [4.69, 9.17) is 5.11 Å². The fourth-order valence-electron chi connectivity index (χ4n) is 1.07. The van der Waals surface area contributed by atoms with Crippen LogP contribution in [0.5, 0.6) is 11.5 Å². The lowest BCUT2D eigenvalue weighted by atomic mass is 10.2. The van der Waals surface area contributed by atoms with Crippen LogP contribution in [0.3, 0.4) is 0 Å². The van der Waals surface area contributed by atoms with E-state index in [1.807, 2.05) is 6.26 Å². The molecule has 0 radical (unpaired) electrons. The number of rotatable bonds is 4. The van der Waals surface area contributed by atoms with Crippen molar-refractivity contribution in [1.82, 2.24) is 5.32 Å². The third kappa shape index (κ3) is 3.36. The molecule has 4 nitrogen and oxygen atoms in total. The van der Waals surface area contributed by atoms with Crippen molar-refractivity contribution in [2.45, 2.75) is 0 Å². The third-order valence-electron chi connectivity index (χ3n) is 1.82. The number of phenolic OH excluding ortho intramolecular Hbond substituents is 2. The maximum absolute atomic E-state index is 11.5. The summed E-state index contributed by atoms with van der Waals surface area (Å²) in [5, 5.41) is 21.2. The molecule has 0 bridgehead atoms. The molecule has 0 atom stereocenters. The zero-order valence-electron chi connectivity index (χ0n) is 8.36. The summed E-state index contributed by atoms with van der Waals surface area (Å²) in [5.74, 6) is 0.264. The molecule has 0 heterocycles. The molecule has 0 aliphatic rings. The van der Waals surface area contributed by atoms with Gasteiger partial charge in [-0.1, -0.05) is 0 Å². The van der Waals surface area contributed by atoms with Gasteiger partial charge in [-0.05, 0) is 24.5 Å². The molecule has 0 spiro atoms. The summed E-state index contributed by atoms with van der Waals surface area (Å²) in [6, 6.07) is 3.86. The van der Waals surface area contributed by atoms with Crippen LogP contribution in [-0.2, 0) is 0 Å². The topological polar surface area (TPSA) is 69.6 Å². The molecule has 0 saturated heterocycles. The quantitative estimate of drug-likeness (QED) is 0.534. The van der Waals surface area contributed by atoms with Crippen molar-refractivity contribution >= 4 is 17.7 Å². The van der Waals surface area contributed by atoms with Gasteiger partial charge in [0.1, 0.15) is 11.5 Å². The summed E-state index contributed by atoms with van der Waals surface area (Å²) >= 11 is 1.62. The van der Waals surface area contributed by atoms with E-state index in [9.17, 15) is 9.90 Å². The van der Waals surface area contributed by atoms with Gasteiger partial charge < -0.3 is 15.5 Å². The van der Waals surface area contributed by atoms with Gasteiger partial charge in [-0.25, -0.2) is 0 Å². The summed E-state index contributed by atoms with van der Waals surface area (Å²) in [4.78, 5) is 11.5. The number of benzene rings is 1. The zero-order valence-corrected chi connectivity index (χ0v) is 9.17. The number of amides is 1. The van der Waals surface area contributed by atoms with Crippen molar-refractivity contribution in [2.24, 2.45) is 0 Å². The first-order valence-electron chi connectivity index (χ1n) is 4.44. The highest BCUT2D eigenvalue weighted by atomic mass is 32.2. The Hall–Kier alpha value is -1.36. The van der Waals surface area contributed by atoms with Crippen molar-refractivity contribution in [3.05, 3.63) is 23.8 Å². The number of phenols is 2. The largest absolute Gasteiger partial charge is 0.508 e. The zero-order chi connectivity index (χ0) is 11.3. The normalized spacial score (nSPS) is 9.93. The van der Waals surface area contributed by atoms with E-state index in [0.29, 0.717) is 6.54 Å². The first-order valence-corrected chi connectivity index (χ1v) is 5.83. The number of aromatic hydroxyl groups is 2. The van der Waals surface area contributed by atoms with Gasteiger partial charge in [0, 0.05) is 12.3 Å². The predicted molar refractivity (Wildman–Crippen MR) is 60.5 cm³/mol. The summed E-state index contributed by atoms with van der Waals surface area (Å²) in [6.07, 6.45) is 1.94. The van der Waals surface area contributed by atoms with Crippen LogP contribution in [-0.4, -0.2) is 34.7 Å². The number of hydrogen-bond acceptors (Lipinski definition) is 4. The van der Waals surface area contributed by atoms with Crippen molar-refractivity contribution < 1.29 is 15.0 Å². The second-order valence-electron chi connectivity index (χ2n) is 2.95. The molecule has 1 amide bonds. The summed E-state index contributed by atoms with van der Waals surface area (Å²) < 4.78 is 0. The number of thioether (sulfide) groups is 1. The van der Waals surface area contributed by atoms with Gasteiger partial charge in [-0.3, -0.25) is 4.79 Å². The molecule has 1 aromatic rings. The fourth-order valence-corrected chi connectivity index (χ4v) is 1.37. The van der Waals surface area contributed by atoms with Gasteiger partial charge in [0.25, 0.3) is 5.91 Å². The van der Waals surface area contributed by atoms with Gasteiger partial charge in [0.2, 0.25) is 0 Å². The van der Waals surface area contributed by atoms with Crippen molar-refractivity contribution in [3.63, 3.8) is 0 Å². The fraction of sp³-hybridized carbons (Fsp3) is 0.300. The lowest BCUT2D eigenvalue weighted by molar-refractivity contribution is 0.0953. The minimum atomic E-state index is -0.377. The van der Waals surface area contributed by atoms with Crippen molar-refractivity contribution in [1.29, 1.82) is 0 Å². The Morgan fingerprint density at radius 3 is 2.87 bits per heavy atom. The van der Waals surface area contributed by atoms with Crippen LogP contribution in [0.2, 0.25) is 0 Å². The number of nitrogens with one attached hydrogen (secondary N) is 1. The number of carbonyl (C=O) groups is 1. The molecule has 0 aliphatic carbocycles. The molecule has 82 valence electrons. The minimum absolute atomic E-state index is 0.0391. The van der Waals surface area contributed by atoms with E-state index in [1.54, 1.807) is 11.8 Å². The highest BCUT2D eigenvalue weighted by Gasteiger charge is 2.10. The van der Waals surface area contributed by atoms with Crippen LogP contribution in [0.4, 0.5) is 0 Å².